The lowest BCUT2D eigenvalue weighted by Crippen LogP contribution is -2.42. The fraction of sp³-hybridized carbons (Fsp3) is 0.241. The number of ether oxygens (including phenoxy) is 2. The number of carbonyl (C=O) groups excluding carboxylic acids is 1. The van der Waals surface area contributed by atoms with Gasteiger partial charge in [0.1, 0.15) is 6.61 Å². The number of amides is 1. The van der Waals surface area contributed by atoms with Gasteiger partial charge in [-0.25, -0.2) is 5.43 Å². The van der Waals surface area contributed by atoms with Gasteiger partial charge in [0.25, 0.3) is 5.91 Å². The standard InChI is InChI=1S/C29H27N3O3/c1-18(31-32-29(33)27-17-34-25-12-5-6-13-26(25)35-27)20-14-15-24-23(16-20)21-10-7-11-22(21)28(30-24)19-8-3-2-4-9-19/h2-10,12-16,21-22,27-28,30H,11,17H2,1H3,(H,32,33). The van der Waals surface area contributed by atoms with Gasteiger partial charge in [-0.1, -0.05) is 60.7 Å². The Morgan fingerprint density at radius 2 is 1.83 bits per heavy atom. The molecule has 0 spiro atoms. The van der Waals surface area contributed by atoms with Gasteiger partial charge in [0.15, 0.2) is 11.5 Å². The van der Waals surface area contributed by atoms with E-state index in [0.29, 0.717) is 23.3 Å². The highest BCUT2D eigenvalue weighted by atomic mass is 16.6. The zero-order chi connectivity index (χ0) is 23.8. The lowest BCUT2D eigenvalue weighted by Gasteiger charge is -2.37. The fourth-order valence-electron chi connectivity index (χ4n) is 5.23. The van der Waals surface area contributed by atoms with E-state index in [1.165, 1.54) is 11.1 Å². The SMILES string of the molecule is CC(=NNC(=O)C1COc2ccccc2O1)c1ccc2c(c1)C1C=CCC1C(c1ccccc1)N2. The molecule has 6 heteroatoms. The minimum Gasteiger partial charge on any atom is -0.485 e. The average Bonchev–Trinajstić information content (AvgIpc) is 3.41. The van der Waals surface area contributed by atoms with Crippen molar-refractivity contribution in [2.45, 2.75) is 31.4 Å². The molecular weight excluding hydrogens is 438 g/mol. The van der Waals surface area contributed by atoms with Crippen LogP contribution in [0.2, 0.25) is 0 Å². The summed E-state index contributed by atoms with van der Waals surface area (Å²) < 4.78 is 11.4. The Hall–Kier alpha value is -4.06. The topological polar surface area (TPSA) is 72.0 Å². The van der Waals surface area contributed by atoms with E-state index < -0.39 is 6.10 Å². The van der Waals surface area contributed by atoms with Crippen LogP contribution < -0.4 is 20.2 Å². The molecule has 4 unspecified atom stereocenters. The number of hydrogen-bond donors (Lipinski definition) is 2. The van der Waals surface area contributed by atoms with E-state index in [2.05, 4.69) is 70.5 Å². The Balaban J connectivity index is 1.19. The van der Waals surface area contributed by atoms with Gasteiger partial charge in [-0.15, -0.1) is 0 Å². The maximum Gasteiger partial charge on any atom is 0.284 e. The van der Waals surface area contributed by atoms with Gasteiger partial charge < -0.3 is 14.8 Å². The van der Waals surface area contributed by atoms with Crippen molar-refractivity contribution in [1.29, 1.82) is 0 Å². The van der Waals surface area contributed by atoms with Gasteiger partial charge in [0, 0.05) is 11.6 Å². The van der Waals surface area contributed by atoms with E-state index in [4.69, 9.17) is 9.47 Å². The third-order valence-corrected chi connectivity index (χ3v) is 7.07. The summed E-state index contributed by atoms with van der Waals surface area (Å²) in [6.07, 6.45) is 4.93. The number of para-hydroxylation sites is 2. The molecule has 2 aliphatic heterocycles. The number of rotatable bonds is 4. The van der Waals surface area contributed by atoms with E-state index in [1.54, 1.807) is 6.07 Å². The van der Waals surface area contributed by atoms with Crippen molar-refractivity contribution < 1.29 is 14.3 Å². The molecule has 0 bridgehead atoms. The fourth-order valence-corrected chi connectivity index (χ4v) is 5.23. The normalized spacial score (nSPS) is 24.2. The number of hydrazone groups is 1. The predicted octanol–water partition coefficient (Wildman–Crippen LogP) is 5.19. The molecule has 1 aliphatic carbocycles. The second kappa shape index (κ2) is 8.95. The highest BCUT2D eigenvalue weighted by Crippen LogP contribution is 2.49. The van der Waals surface area contributed by atoms with Crippen LogP contribution in [0.1, 0.15) is 42.0 Å². The molecule has 0 saturated heterocycles. The van der Waals surface area contributed by atoms with Gasteiger partial charge in [-0.05, 0) is 60.2 Å². The molecule has 0 saturated carbocycles. The van der Waals surface area contributed by atoms with Crippen LogP contribution in [-0.2, 0) is 4.79 Å². The second-order valence-corrected chi connectivity index (χ2v) is 9.23. The number of nitrogens with one attached hydrogen (secondary N) is 2. The second-order valence-electron chi connectivity index (χ2n) is 9.23. The maximum absolute atomic E-state index is 12.7. The number of fused-ring (bicyclic) bond motifs is 4. The Bertz CT molecular complexity index is 1320. The van der Waals surface area contributed by atoms with Gasteiger partial charge in [0.05, 0.1) is 11.8 Å². The summed E-state index contributed by atoms with van der Waals surface area (Å²) in [7, 11) is 0. The summed E-state index contributed by atoms with van der Waals surface area (Å²) in [6, 6.07) is 24.6. The van der Waals surface area contributed by atoms with Gasteiger partial charge in [-0.2, -0.15) is 5.10 Å². The molecule has 3 aromatic rings. The first-order valence-electron chi connectivity index (χ1n) is 12.0. The molecule has 4 atom stereocenters. The van der Waals surface area contributed by atoms with Crippen LogP contribution in [0.4, 0.5) is 5.69 Å². The number of allylic oxidation sites excluding steroid dienone is 2. The molecule has 1 amide bonds. The lowest BCUT2D eigenvalue weighted by molar-refractivity contribution is -0.130. The van der Waals surface area contributed by atoms with Gasteiger partial charge in [0.2, 0.25) is 6.10 Å². The number of benzene rings is 3. The van der Waals surface area contributed by atoms with Crippen molar-refractivity contribution in [2.75, 3.05) is 11.9 Å². The zero-order valence-electron chi connectivity index (χ0n) is 19.5. The van der Waals surface area contributed by atoms with E-state index in [-0.39, 0.29) is 18.6 Å². The summed E-state index contributed by atoms with van der Waals surface area (Å²) in [5, 5.41) is 8.14. The predicted molar refractivity (Wildman–Crippen MR) is 136 cm³/mol. The minimum absolute atomic E-state index is 0.153. The number of hydrogen-bond acceptors (Lipinski definition) is 5. The first-order chi connectivity index (χ1) is 17.2. The van der Waals surface area contributed by atoms with E-state index in [9.17, 15) is 4.79 Å². The van der Waals surface area contributed by atoms with Crippen molar-refractivity contribution in [3.05, 3.63) is 102 Å². The Morgan fingerprint density at radius 3 is 2.69 bits per heavy atom. The van der Waals surface area contributed by atoms with Crippen molar-refractivity contribution in [3.63, 3.8) is 0 Å². The maximum atomic E-state index is 12.7. The van der Waals surface area contributed by atoms with Gasteiger partial charge in [-0.3, -0.25) is 4.79 Å². The molecule has 3 aromatic carbocycles. The number of carbonyl (C=O) groups is 1. The molecule has 0 radical (unpaired) electrons. The lowest BCUT2D eigenvalue weighted by atomic mass is 9.76. The largest absolute Gasteiger partial charge is 0.485 e. The summed E-state index contributed by atoms with van der Waals surface area (Å²) >= 11 is 0. The molecule has 6 nitrogen and oxygen atoms in total. The van der Waals surface area contributed by atoms with Crippen LogP contribution in [0.5, 0.6) is 11.5 Å². The van der Waals surface area contributed by atoms with Crippen LogP contribution in [-0.4, -0.2) is 24.3 Å². The van der Waals surface area contributed by atoms with Crippen LogP contribution in [0, 0.1) is 5.92 Å². The average molecular weight is 466 g/mol. The third-order valence-electron chi connectivity index (χ3n) is 7.07. The first kappa shape index (κ1) is 21.5. The van der Waals surface area contributed by atoms with E-state index in [0.717, 1.165) is 23.4 Å². The summed E-state index contributed by atoms with van der Waals surface area (Å²) in [5.74, 6) is 1.71. The monoisotopic (exact) mass is 465 g/mol. The van der Waals surface area contributed by atoms with Crippen molar-refractivity contribution in [2.24, 2.45) is 11.0 Å². The molecular formula is C29H27N3O3. The molecule has 35 heavy (non-hydrogen) atoms. The molecule has 0 fully saturated rings. The van der Waals surface area contributed by atoms with Crippen molar-refractivity contribution in [3.8, 4) is 11.5 Å². The Labute approximate surface area is 204 Å². The van der Waals surface area contributed by atoms with Gasteiger partial charge >= 0.3 is 0 Å². The Kier molecular flexibility index (Phi) is 5.49. The quantitative estimate of drug-likeness (QED) is 0.316. The Morgan fingerprint density at radius 1 is 1.03 bits per heavy atom. The molecule has 176 valence electrons. The third kappa shape index (κ3) is 4.05. The van der Waals surface area contributed by atoms with Crippen LogP contribution >= 0.6 is 0 Å². The van der Waals surface area contributed by atoms with Crippen molar-refractivity contribution >= 4 is 17.3 Å². The van der Waals surface area contributed by atoms with Crippen LogP contribution in [0.3, 0.4) is 0 Å². The summed E-state index contributed by atoms with van der Waals surface area (Å²) in [5.41, 5.74) is 8.11. The number of nitrogens with zero attached hydrogens (tertiary/aromatic N) is 1. The van der Waals surface area contributed by atoms with E-state index in [1.807, 2.05) is 31.2 Å². The zero-order valence-corrected chi connectivity index (χ0v) is 19.5. The first-order valence-corrected chi connectivity index (χ1v) is 12.0. The van der Waals surface area contributed by atoms with Crippen LogP contribution in [0.25, 0.3) is 0 Å². The smallest absolute Gasteiger partial charge is 0.284 e. The minimum atomic E-state index is -0.742. The van der Waals surface area contributed by atoms with Crippen LogP contribution in [0.15, 0.2) is 90.0 Å². The summed E-state index contributed by atoms with van der Waals surface area (Å²) in [6.45, 7) is 2.06. The number of anilines is 1. The van der Waals surface area contributed by atoms with E-state index >= 15 is 0 Å². The molecule has 2 heterocycles. The molecule has 3 aliphatic rings. The highest BCUT2D eigenvalue weighted by Gasteiger charge is 2.38. The molecule has 2 N–H and O–H groups in total. The highest BCUT2D eigenvalue weighted by molar-refractivity contribution is 6.00. The summed E-state index contributed by atoms with van der Waals surface area (Å²) in [4.78, 5) is 12.7. The molecule has 0 aromatic heterocycles. The van der Waals surface area contributed by atoms with Crippen molar-refractivity contribution in [1.82, 2.24) is 5.43 Å². The molecule has 6 rings (SSSR count).